The maximum Gasteiger partial charge on any atom is 0.337 e. The number of ether oxygens (including phenoxy) is 1. The number of aromatic nitrogens is 1. The Morgan fingerprint density at radius 2 is 2.00 bits per heavy atom. The van der Waals surface area contributed by atoms with Gasteiger partial charge in [-0.15, -0.1) is 11.3 Å². The minimum atomic E-state index is -0.305. The van der Waals surface area contributed by atoms with Crippen LogP contribution in [0.15, 0.2) is 48.5 Å². The molecule has 0 bridgehead atoms. The fourth-order valence-corrected chi connectivity index (χ4v) is 3.55. The summed E-state index contributed by atoms with van der Waals surface area (Å²) in [4.78, 5) is 18.4. The number of nitrogens with zero attached hydrogens (tertiary/aromatic N) is 2. The molecular weight excluding hydrogens is 308 g/mol. The van der Waals surface area contributed by atoms with Gasteiger partial charge in [0, 0.05) is 6.54 Å². The van der Waals surface area contributed by atoms with Gasteiger partial charge in [-0.1, -0.05) is 24.3 Å². The van der Waals surface area contributed by atoms with Crippen LogP contribution in [0.5, 0.6) is 0 Å². The van der Waals surface area contributed by atoms with E-state index in [9.17, 15) is 4.79 Å². The Hall–Kier alpha value is -2.24. The summed E-state index contributed by atoms with van der Waals surface area (Å²) in [6.07, 6.45) is 0. The number of hydrogen-bond acceptors (Lipinski definition) is 5. The molecule has 3 aromatic rings. The molecule has 3 rings (SSSR count). The first-order valence-electron chi connectivity index (χ1n) is 7.36. The van der Waals surface area contributed by atoms with Crippen molar-refractivity contribution in [2.75, 3.05) is 14.2 Å². The molecule has 0 fully saturated rings. The molecule has 0 N–H and O–H groups in total. The van der Waals surface area contributed by atoms with Gasteiger partial charge in [-0.2, -0.15) is 0 Å². The van der Waals surface area contributed by atoms with Crippen molar-refractivity contribution >= 4 is 27.5 Å². The lowest BCUT2D eigenvalue weighted by molar-refractivity contribution is 0.0600. The highest BCUT2D eigenvalue weighted by molar-refractivity contribution is 7.18. The number of para-hydroxylation sites is 1. The summed E-state index contributed by atoms with van der Waals surface area (Å²) in [5.74, 6) is -0.305. The highest BCUT2D eigenvalue weighted by Gasteiger charge is 2.09. The Labute approximate surface area is 139 Å². The van der Waals surface area contributed by atoms with Crippen LogP contribution in [0.4, 0.5) is 0 Å². The lowest BCUT2D eigenvalue weighted by Crippen LogP contribution is -2.17. The second-order valence-corrected chi connectivity index (χ2v) is 6.55. The van der Waals surface area contributed by atoms with E-state index in [-0.39, 0.29) is 5.97 Å². The third-order valence-electron chi connectivity index (χ3n) is 3.54. The first-order valence-corrected chi connectivity index (χ1v) is 8.17. The molecule has 1 heterocycles. The Bertz CT molecular complexity index is 796. The van der Waals surface area contributed by atoms with E-state index in [1.807, 2.05) is 36.4 Å². The van der Waals surface area contributed by atoms with Crippen LogP contribution in [-0.4, -0.2) is 30.0 Å². The van der Waals surface area contributed by atoms with Crippen LogP contribution in [0.2, 0.25) is 0 Å². The van der Waals surface area contributed by atoms with E-state index < -0.39 is 0 Å². The zero-order valence-electron chi connectivity index (χ0n) is 13.2. The van der Waals surface area contributed by atoms with Gasteiger partial charge >= 0.3 is 5.97 Å². The first kappa shape index (κ1) is 15.6. The minimum absolute atomic E-state index is 0.305. The molecule has 118 valence electrons. The van der Waals surface area contributed by atoms with Crippen molar-refractivity contribution in [2.45, 2.75) is 13.1 Å². The van der Waals surface area contributed by atoms with E-state index in [2.05, 4.69) is 23.0 Å². The standard InChI is InChI=1S/C18H18N2O2S/c1-20(11-13-6-5-7-14(10-13)18(21)22-2)12-17-19-15-8-3-4-9-16(15)23-17/h3-10H,11-12H2,1-2H3. The number of carbonyl (C=O) groups excluding carboxylic acids is 1. The number of esters is 1. The zero-order valence-corrected chi connectivity index (χ0v) is 14.0. The van der Waals surface area contributed by atoms with Gasteiger partial charge in [0.15, 0.2) is 0 Å². The summed E-state index contributed by atoms with van der Waals surface area (Å²) >= 11 is 1.72. The largest absolute Gasteiger partial charge is 0.465 e. The Balaban J connectivity index is 1.69. The van der Waals surface area contributed by atoms with Gasteiger partial charge in [0.1, 0.15) is 5.01 Å². The first-order chi connectivity index (χ1) is 11.2. The molecule has 0 aliphatic heterocycles. The van der Waals surface area contributed by atoms with Gasteiger partial charge in [-0.3, -0.25) is 4.90 Å². The van der Waals surface area contributed by atoms with E-state index in [1.54, 1.807) is 17.4 Å². The molecule has 0 radical (unpaired) electrons. The summed E-state index contributed by atoms with van der Waals surface area (Å²) in [6, 6.07) is 15.7. The maximum absolute atomic E-state index is 11.6. The molecule has 0 unspecified atom stereocenters. The van der Waals surface area contributed by atoms with Crippen LogP contribution in [0, 0.1) is 0 Å². The third-order valence-corrected chi connectivity index (χ3v) is 4.57. The molecule has 23 heavy (non-hydrogen) atoms. The van der Waals surface area contributed by atoms with Crippen molar-refractivity contribution in [1.29, 1.82) is 0 Å². The molecule has 1 aromatic heterocycles. The molecule has 5 heteroatoms. The molecule has 0 saturated heterocycles. The molecular formula is C18H18N2O2S. The smallest absolute Gasteiger partial charge is 0.337 e. The van der Waals surface area contributed by atoms with Gasteiger partial charge in [0.2, 0.25) is 0 Å². The van der Waals surface area contributed by atoms with Crippen LogP contribution in [0.3, 0.4) is 0 Å². The van der Waals surface area contributed by atoms with Crippen LogP contribution >= 0.6 is 11.3 Å². The van der Waals surface area contributed by atoms with E-state index in [4.69, 9.17) is 4.74 Å². The van der Waals surface area contributed by atoms with Crippen molar-refractivity contribution < 1.29 is 9.53 Å². The van der Waals surface area contributed by atoms with Gasteiger partial charge in [0.05, 0.1) is 29.4 Å². The molecule has 0 saturated carbocycles. The van der Waals surface area contributed by atoms with Crippen LogP contribution in [0.1, 0.15) is 20.9 Å². The van der Waals surface area contributed by atoms with E-state index in [0.29, 0.717) is 5.56 Å². The van der Waals surface area contributed by atoms with Crippen molar-refractivity contribution in [3.05, 3.63) is 64.7 Å². The second-order valence-electron chi connectivity index (χ2n) is 5.44. The topological polar surface area (TPSA) is 42.4 Å². The van der Waals surface area contributed by atoms with E-state index in [1.165, 1.54) is 11.8 Å². The molecule has 4 nitrogen and oxygen atoms in total. The van der Waals surface area contributed by atoms with Crippen molar-refractivity contribution in [3.63, 3.8) is 0 Å². The zero-order chi connectivity index (χ0) is 16.2. The van der Waals surface area contributed by atoms with Gasteiger partial charge < -0.3 is 4.74 Å². The quantitative estimate of drug-likeness (QED) is 0.670. The molecule has 0 aliphatic carbocycles. The van der Waals surface area contributed by atoms with Gasteiger partial charge in [-0.05, 0) is 36.9 Å². The number of hydrogen-bond donors (Lipinski definition) is 0. The molecule has 0 spiro atoms. The summed E-state index contributed by atoms with van der Waals surface area (Å²) in [5.41, 5.74) is 2.71. The number of benzene rings is 2. The maximum atomic E-state index is 11.6. The van der Waals surface area contributed by atoms with Crippen molar-refractivity contribution in [3.8, 4) is 0 Å². The number of rotatable bonds is 5. The van der Waals surface area contributed by atoms with E-state index in [0.717, 1.165) is 29.2 Å². The minimum Gasteiger partial charge on any atom is -0.465 e. The van der Waals surface area contributed by atoms with Gasteiger partial charge in [-0.25, -0.2) is 9.78 Å². The molecule has 0 aliphatic rings. The van der Waals surface area contributed by atoms with Crippen molar-refractivity contribution in [1.82, 2.24) is 9.88 Å². The predicted molar refractivity (Wildman–Crippen MR) is 92.6 cm³/mol. The Morgan fingerprint density at radius 1 is 1.17 bits per heavy atom. The summed E-state index contributed by atoms with van der Waals surface area (Å²) in [5, 5.41) is 1.10. The van der Waals surface area contributed by atoms with Crippen molar-refractivity contribution in [2.24, 2.45) is 0 Å². The molecule has 0 atom stereocenters. The average molecular weight is 326 g/mol. The SMILES string of the molecule is COC(=O)c1cccc(CN(C)Cc2nc3ccccc3s2)c1. The van der Waals surface area contributed by atoms with Crippen LogP contribution in [-0.2, 0) is 17.8 Å². The number of fused-ring (bicyclic) bond motifs is 1. The fraction of sp³-hybridized carbons (Fsp3) is 0.222. The van der Waals surface area contributed by atoms with Crippen LogP contribution < -0.4 is 0 Å². The fourth-order valence-electron chi connectivity index (χ4n) is 2.50. The highest BCUT2D eigenvalue weighted by atomic mass is 32.1. The highest BCUT2D eigenvalue weighted by Crippen LogP contribution is 2.22. The van der Waals surface area contributed by atoms with E-state index >= 15 is 0 Å². The Kier molecular flexibility index (Phi) is 4.69. The monoisotopic (exact) mass is 326 g/mol. The van der Waals surface area contributed by atoms with Gasteiger partial charge in [0.25, 0.3) is 0 Å². The molecule has 0 amide bonds. The molecule has 2 aromatic carbocycles. The summed E-state index contributed by atoms with van der Waals surface area (Å²) < 4.78 is 5.98. The summed E-state index contributed by atoms with van der Waals surface area (Å²) in [6.45, 7) is 1.53. The lowest BCUT2D eigenvalue weighted by atomic mass is 10.1. The number of thiazole rings is 1. The van der Waals surface area contributed by atoms with Crippen LogP contribution in [0.25, 0.3) is 10.2 Å². The predicted octanol–water partition coefficient (Wildman–Crippen LogP) is 3.71. The summed E-state index contributed by atoms with van der Waals surface area (Å²) in [7, 11) is 3.45. The number of methoxy groups -OCH3 is 1. The number of carbonyl (C=O) groups is 1. The second kappa shape index (κ2) is 6.89. The Morgan fingerprint density at radius 3 is 2.78 bits per heavy atom. The third kappa shape index (κ3) is 3.75. The normalized spacial score (nSPS) is 11.1. The average Bonchev–Trinajstić information content (AvgIpc) is 2.96. The lowest BCUT2D eigenvalue weighted by Gasteiger charge is -2.15.